The zero-order chi connectivity index (χ0) is 20.4. The second kappa shape index (κ2) is 7.87. The van der Waals surface area contributed by atoms with Crippen molar-refractivity contribution in [2.45, 2.75) is 25.8 Å². The number of rotatable bonds is 6. The minimum absolute atomic E-state index is 0.0313. The van der Waals surface area contributed by atoms with Gasteiger partial charge in [0.25, 0.3) is 5.91 Å². The van der Waals surface area contributed by atoms with Crippen LogP contribution in [0.2, 0.25) is 0 Å². The molecule has 2 amide bonds. The molecule has 4 rings (SSSR count). The Morgan fingerprint density at radius 3 is 2.59 bits per heavy atom. The van der Waals surface area contributed by atoms with Crippen molar-refractivity contribution >= 4 is 17.5 Å². The molecule has 1 aromatic heterocycles. The van der Waals surface area contributed by atoms with Crippen LogP contribution in [-0.4, -0.2) is 38.5 Å². The molecule has 29 heavy (non-hydrogen) atoms. The molecule has 1 aliphatic carbocycles. The van der Waals surface area contributed by atoms with Crippen LogP contribution in [0.1, 0.15) is 41.7 Å². The first kappa shape index (κ1) is 18.9. The topological polar surface area (TPSA) is 80.1 Å². The maximum atomic E-state index is 13.0. The molecular formula is C22H23N5O2. The van der Waals surface area contributed by atoms with Crippen LogP contribution in [0, 0.1) is 5.92 Å². The van der Waals surface area contributed by atoms with Gasteiger partial charge in [-0.25, -0.2) is 9.67 Å². The standard InChI is InChI=1S/C22H23N5O2/c1-15(16-8-10-20(11-9-16)27-14-23-13-24-27)26(2)22(29)18-4-3-5-19(12-18)25-21(28)17-6-7-17/h3-5,8-15,17H,6-7H2,1-2H3,(H,25,28). The Kier molecular flexibility index (Phi) is 5.12. The van der Waals surface area contributed by atoms with Crippen molar-refractivity contribution in [3.63, 3.8) is 0 Å². The highest BCUT2D eigenvalue weighted by Crippen LogP contribution is 2.30. The smallest absolute Gasteiger partial charge is 0.254 e. The van der Waals surface area contributed by atoms with Crippen LogP contribution in [0.25, 0.3) is 5.69 Å². The number of amides is 2. The van der Waals surface area contributed by atoms with E-state index >= 15 is 0 Å². The van der Waals surface area contributed by atoms with Gasteiger partial charge in [0, 0.05) is 24.2 Å². The Morgan fingerprint density at radius 1 is 1.17 bits per heavy atom. The van der Waals surface area contributed by atoms with Crippen LogP contribution in [0.4, 0.5) is 5.69 Å². The second-order valence-corrected chi connectivity index (χ2v) is 7.37. The van der Waals surface area contributed by atoms with Gasteiger partial charge in [0.15, 0.2) is 0 Å². The average Bonchev–Trinajstić information content (AvgIpc) is 3.47. The summed E-state index contributed by atoms with van der Waals surface area (Å²) >= 11 is 0. The van der Waals surface area contributed by atoms with Crippen molar-refractivity contribution in [3.05, 3.63) is 72.3 Å². The van der Waals surface area contributed by atoms with Crippen molar-refractivity contribution in [1.29, 1.82) is 0 Å². The number of anilines is 1. The van der Waals surface area contributed by atoms with E-state index in [1.54, 1.807) is 41.2 Å². The van der Waals surface area contributed by atoms with Crippen LogP contribution < -0.4 is 5.32 Å². The fraction of sp³-hybridized carbons (Fsp3) is 0.273. The Labute approximate surface area is 169 Å². The number of aromatic nitrogens is 3. The molecular weight excluding hydrogens is 366 g/mol. The summed E-state index contributed by atoms with van der Waals surface area (Å²) in [5.74, 6) is 0.0571. The van der Waals surface area contributed by atoms with Gasteiger partial charge in [0.1, 0.15) is 12.7 Å². The number of carbonyl (C=O) groups is 2. The maximum Gasteiger partial charge on any atom is 0.254 e. The minimum atomic E-state index is -0.114. The lowest BCUT2D eigenvalue weighted by Gasteiger charge is -2.26. The van der Waals surface area contributed by atoms with E-state index in [4.69, 9.17) is 0 Å². The molecule has 3 aromatic rings. The molecule has 1 saturated carbocycles. The van der Waals surface area contributed by atoms with Crippen LogP contribution in [0.15, 0.2) is 61.2 Å². The Morgan fingerprint density at radius 2 is 1.93 bits per heavy atom. The van der Waals surface area contributed by atoms with E-state index < -0.39 is 0 Å². The number of nitrogens with one attached hydrogen (secondary N) is 1. The minimum Gasteiger partial charge on any atom is -0.335 e. The van der Waals surface area contributed by atoms with Gasteiger partial charge in [-0.05, 0) is 55.7 Å². The third-order valence-electron chi connectivity index (χ3n) is 5.29. The predicted molar refractivity (Wildman–Crippen MR) is 110 cm³/mol. The highest BCUT2D eigenvalue weighted by Gasteiger charge is 2.29. The number of nitrogens with zero attached hydrogens (tertiary/aromatic N) is 4. The van der Waals surface area contributed by atoms with Gasteiger partial charge >= 0.3 is 0 Å². The summed E-state index contributed by atoms with van der Waals surface area (Å²) in [5.41, 5.74) is 3.13. The maximum absolute atomic E-state index is 13.0. The molecule has 1 atom stereocenters. The summed E-state index contributed by atoms with van der Waals surface area (Å²) in [6.07, 6.45) is 5.02. The van der Waals surface area contributed by atoms with Gasteiger partial charge < -0.3 is 10.2 Å². The predicted octanol–water partition coefficient (Wildman–Crippen LogP) is 3.45. The largest absolute Gasteiger partial charge is 0.335 e. The van der Waals surface area contributed by atoms with Gasteiger partial charge in [-0.1, -0.05) is 18.2 Å². The molecule has 0 radical (unpaired) electrons. The lowest BCUT2D eigenvalue weighted by molar-refractivity contribution is -0.117. The number of hydrogen-bond donors (Lipinski definition) is 1. The Balaban J connectivity index is 1.46. The number of benzene rings is 2. The van der Waals surface area contributed by atoms with Gasteiger partial charge in [-0.15, -0.1) is 0 Å². The van der Waals surface area contributed by atoms with Crippen molar-refractivity contribution in [2.24, 2.45) is 5.92 Å². The summed E-state index contributed by atoms with van der Waals surface area (Å²) in [7, 11) is 1.79. The third-order valence-corrected chi connectivity index (χ3v) is 5.29. The average molecular weight is 389 g/mol. The van der Waals surface area contributed by atoms with E-state index in [1.807, 2.05) is 37.3 Å². The third kappa shape index (κ3) is 4.18. The highest BCUT2D eigenvalue weighted by atomic mass is 16.2. The lowest BCUT2D eigenvalue weighted by atomic mass is 10.1. The summed E-state index contributed by atoms with van der Waals surface area (Å²) in [5, 5.41) is 7.01. The fourth-order valence-electron chi connectivity index (χ4n) is 3.17. The molecule has 0 saturated heterocycles. The number of carbonyl (C=O) groups excluding carboxylic acids is 2. The summed E-state index contributed by atoms with van der Waals surface area (Å²) < 4.78 is 1.69. The van der Waals surface area contributed by atoms with Crippen LogP contribution in [0.5, 0.6) is 0 Å². The molecule has 1 aliphatic rings. The normalized spacial score (nSPS) is 14.3. The van der Waals surface area contributed by atoms with E-state index in [-0.39, 0.29) is 23.8 Å². The Hall–Kier alpha value is -3.48. The van der Waals surface area contributed by atoms with Gasteiger partial charge in [0.2, 0.25) is 5.91 Å². The second-order valence-electron chi connectivity index (χ2n) is 7.37. The molecule has 2 aromatic carbocycles. The molecule has 1 fully saturated rings. The fourth-order valence-corrected chi connectivity index (χ4v) is 3.17. The molecule has 1 N–H and O–H groups in total. The first-order valence-corrected chi connectivity index (χ1v) is 9.66. The van der Waals surface area contributed by atoms with Crippen molar-refractivity contribution in [3.8, 4) is 5.69 Å². The van der Waals surface area contributed by atoms with E-state index in [2.05, 4.69) is 15.4 Å². The van der Waals surface area contributed by atoms with E-state index in [0.717, 1.165) is 24.1 Å². The summed E-state index contributed by atoms with van der Waals surface area (Å²) in [4.78, 5) is 30.6. The van der Waals surface area contributed by atoms with Crippen LogP contribution in [0.3, 0.4) is 0 Å². The van der Waals surface area contributed by atoms with Crippen LogP contribution in [-0.2, 0) is 4.79 Å². The first-order valence-electron chi connectivity index (χ1n) is 9.66. The molecule has 0 spiro atoms. The SMILES string of the molecule is CC(c1ccc(-n2cncn2)cc1)N(C)C(=O)c1cccc(NC(=O)C2CC2)c1. The molecule has 7 heteroatoms. The monoisotopic (exact) mass is 389 g/mol. The van der Waals surface area contributed by atoms with Gasteiger partial charge in [0.05, 0.1) is 11.7 Å². The Bertz CT molecular complexity index is 1010. The van der Waals surface area contributed by atoms with E-state index in [0.29, 0.717) is 11.3 Å². The molecule has 0 aliphatic heterocycles. The van der Waals surface area contributed by atoms with Gasteiger partial charge in [-0.3, -0.25) is 9.59 Å². The lowest BCUT2D eigenvalue weighted by Crippen LogP contribution is -2.29. The first-order chi connectivity index (χ1) is 14.0. The molecule has 1 unspecified atom stereocenters. The number of hydrogen-bond acceptors (Lipinski definition) is 4. The molecule has 0 bridgehead atoms. The molecule has 7 nitrogen and oxygen atoms in total. The van der Waals surface area contributed by atoms with Crippen molar-refractivity contribution in [1.82, 2.24) is 19.7 Å². The molecule has 148 valence electrons. The van der Waals surface area contributed by atoms with Crippen molar-refractivity contribution < 1.29 is 9.59 Å². The zero-order valence-corrected chi connectivity index (χ0v) is 16.4. The zero-order valence-electron chi connectivity index (χ0n) is 16.4. The van der Waals surface area contributed by atoms with E-state index in [9.17, 15) is 9.59 Å². The summed E-state index contributed by atoms with van der Waals surface area (Å²) in [6.45, 7) is 1.99. The van der Waals surface area contributed by atoms with E-state index in [1.165, 1.54) is 6.33 Å². The van der Waals surface area contributed by atoms with Crippen molar-refractivity contribution in [2.75, 3.05) is 12.4 Å². The summed E-state index contributed by atoms with van der Waals surface area (Å²) in [6, 6.07) is 14.9. The van der Waals surface area contributed by atoms with Crippen LogP contribution >= 0.6 is 0 Å². The van der Waals surface area contributed by atoms with Gasteiger partial charge in [-0.2, -0.15) is 5.10 Å². The quantitative estimate of drug-likeness (QED) is 0.700. The highest BCUT2D eigenvalue weighted by molar-refractivity contribution is 5.98. The molecule has 1 heterocycles.